The molecule has 1 aromatic carbocycles. The Morgan fingerprint density at radius 3 is 2.95 bits per heavy atom. The van der Waals surface area contributed by atoms with Crippen LogP contribution in [-0.2, 0) is 0 Å². The van der Waals surface area contributed by atoms with Gasteiger partial charge in [-0.2, -0.15) is 0 Å². The van der Waals surface area contributed by atoms with Gasteiger partial charge in [-0.25, -0.2) is 4.98 Å². The number of para-hydroxylation sites is 1. The second kappa shape index (κ2) is 5.38. The van der Waals surface area contributed by atoms with E-state index in [2.05, 4.69) is 10.3 Å². The number of benzene rings is 1. The Morgan fingerprint density at radius 1 is 1.45 bits per heavy atom. The Bertz CT molecular complexity index is 655. The van der Waals surface area contributed by atoms with Crippen molar-refractivity contribution in [1.29, 1.82) is 0 Å². The Labute approximate surface area is 121 Å². The first-order valence-corrected chi connectivity index (χ1v) is 7.04. The zero-order valence-electron chi connectivity index (χ0n) is 10.8. The Morgan fingerprint density at radius 2 is 2.20 bits per heavy atom. The fraction of sp³-hybridized carbons (Fsp3) is 0.333. The first-order chi connectivity index (χ1) is 9.65. The number of aromatic nitrogens is 1. The number of pyridine rings is 1. The zero-order valence-corrected chi connectivity index (χ0v) is 11.6. The van der Waals surface area contributed by atoms with Crippen molar-refractivity contribution in [1.82, 2.24) is 10.3 Å². The Balaban J connectivity index is 1.83. The maximum atomic E-state index is 12.2. The molecule has 1 aliphatic carbocycles. The van der Waals surface area contributed by atoms with Crippen LogP contribution >= 0.6 is 11.6 Å². The van der Waals surface area contributed by atoms with Crippen molar-refractivity contribution in [2.75, 3.05) is 6.54 Å². The van der Waals surface area contributed by atoms with Gasteiger partial charge in [0, 0.05) is 11.9 Å². The molecule has 0 bridgehead atoms. The number of nitrogens with one attached hydrogen (secondary N) is 1. The maximum Gasteiger partial charge on any atom is 0.252 e. The third kappa shape index (κ3) is 2.76. The van der Waals surface area contributed by atoms with E-state index < -0.39 is 6.10 Å². The molecule has 1 heterocycles. The standard InChI is InChI=1S/C15H15ClN2O2/c16-14-7-11(10-3-1-2-4-12(10)18-14)15(20)17-8-13(19)9-5-6-9/h1-4,7,9,13,19H,5-6,8H2,(H,17,20). The lowest BCUT2D eigenvalue weighted by Gasteiger charge is -2.12. The first kappa shape index (κ1) is 13.3. The van der Waals surface area contributed by atoms with Crippen molar-refractivity contribution in [3.63, 3.8) is 0 Å². The van der Waals surface area contributed by atoms with E-state index in [0.29, 0.717) is 17.0 Å². The lowest BCUT2D eigenvalue weighted by Crippen LogP contribution is -2.33. The number of aliphatic hydroxyl groups is 1. The number of hydrogen-bond donors (Lipinski definition) is 2. The summed E-state index contributed by atoms with van der Waals surface area (Å²) in [5, 5.41) is 13.6. The second-order valence-corrected chi connectivity index (χ2v) is 5.51. The zero-order chi connectivity index (χ0) is 14.1. The number of aliphatic hydroxyl groups excluding tert-OH is 1. The van der Waals surface area contributed by atoms with Crippen LogP contribution in [0.4, 0.5) is 0 Å². The van der Waals surface area contributed by atoms with Crippen LogP contribution in [0.3, 0.4) is 0 Å². The van der Waals surface area contributed by atoms with Gasteiger partial charge in [-0.15, -0.1) is 0 Å². The number of nitrogens with zero attached hydrogens (tertiary/aromatic N) is 1. The van der Waals surface area contributed by atoms with Gasteiger partial charge in [-0.3, -0.25) is 4.79 Å². The molecule has 104 valence electrons. The summed E-state index contributed by atoms with van der Waals surface area (Å²) in [5.74, 6) is 0.110. The topological polar surface area (TPSA) is 62.2 Å². The number of hydrogen-bond acceptors (Lipinski definition) is 3. The SMILES string of the molecule is O=C(NCC(O)C1CC1)c1cc(Cl)nc2ccccc12. The second-order valence-electron chi connectivity index (χ2n) is 5.12. The molecule has 1 unspecified atom stereocenters. The highest BCUT2D eigenvalue weighted by Gasteiger charge is 2.29. The van der Waals surface area contributed by atoms with E-state index in [1.807, 2.05) is 24.3 Å². The molecule has 2 aromatic rings. The summed E-state index contributed by atoms with van der Waals surface area (Å²) in [6.07, 6.45) is 1.63. The highest BCUT2D eigenvalue weighted by molar-refractivity contribution is 6.30. The molecular formula is C15H15ClN2O2. The van der Waals surface area contributed by atoms with Gasteiger partial charge >= 0.3 is 0 Å². The first-order valence-electron chi connectivity index (χ1n) is 6.66. The van der Waals surface area contributed by atoms with Gasteiger partial charge < -0.3 is 10.4 Å². The molecule has 0 saturated heterocycles. The van der Waals surface area contributed by atoms with Crippen molar-refractivity contribution >= 4 is 28.4 Å². The molecule has 20 heavy (non-hydrogen) atoms. The normalized spacial score (nSPS) is 16.1. The summed E-state index contributed by atoms with van der Waals surface area (Å²) < 4.78 is 0. The van der Waals surface area contributed by atoms with E-state index in [9.17, 15) is 9.90 Å². The summed E-state index contributed by atoms with van der Waals surface area (Å²) in [4.78, 5) is 16.4. The molecule has 0 aliphatic heterocycles. The monoisotopic (exact) mass is 290 g/mol. The van der Waals surface area contributed by atoms with E-state index in [1.54, 1.807) is 6.07 Å². The van der Waals surface area contributed by atoms with E-state index in [4.69, 9.17) is 11.6 Å². The molecule has 1 atom stereocenters. The van der Waals surface area contributed by atoms with E-state index in [-0.39, 0.29) is 17.6 Å². The highest BCUT2D eigenvalue weighted by Crippen LogP contribution is 2.32. The minimum absolute atomic E-state index is 0.231. The fourth-order valence-electron chi connectivity index (χ4n) is 2.27. The molecule has 1 aromatic heterocycles. The maximum absolute atomic E-state index is 12.2. The van der Waals surface area contributed by atoms with Crippen molar-refractivity contribution in [2.45, 2.75) is 18.9 Å². The molecule has 1 aliphatic rings. The lowest BCUT2D eigenvalue weighted by molar-refractivity contribution is 0.0902. The molecule has 1 fully saturated rings. The molecule has 4 nitrogen and oxygen atoms in total. The largest absolute Gasteiger partial charge is 0.391 e. The summed E-state index contributed by atoms with van der Waals surface area (Å²) >= 11 is 5.95. The molecule has 2 N–H and O–H groups in total. The van der Waals surface area contributed by atoms with Crippen molar-refractivity contribution < 1.29 is 9.90 Å². The molecule has 5 heteroatoms. The third-order valence-corrected chi connectivity index (χ3v) is 3.76. The average molecular weight is 291 g/mol. The number of fused-ring (bicyclic) bond motifs is 1. The molecule has 3 rings (SSSR count). The minimum Gasteiger partial charge on any atom is -0.391 e. The lowest BCUT2D eigenvalue weighted by atomic mass is 10.1. The Kier molecular flexibility index (Phi) is 3.59. The summed E-state index contributed by atoms with van der Waals surface area (Å²) in [5.41, 5.74) is 1.18. The average Bonchev–Trinajstić information content (AvgIpc) is 3.28. The number of rotatable bonds is 4. The van der Waals surface area contributed by atoms with Crippen LogP contribution in [0.25, 0.3) is 10.9 Å². The van der Waals surface area contributed by atoms with Crippen LogP contribution in [0.2, 0.25) is 5.15 Å². The van der Waals surface area contributed by atoms with Gasteiger partial charge in [-0.05, 0) is 30.9 Å². The van der Waals surface area contributed by atoms with Gasteiger partial charge in [-0.1, -0.05) is 29.8 Å². The van der Waals surface area contributed by atoms with Crippen LogP contribution in [0.5, 0.6) is 0 Å². The molecule has 0 radical (unpaired) electrons. The highest BCUT2D eigenvalue weighted by atomic mass is 35.5. The fourth-order valence-corrected chi connectivity index (χ4v) is 2.47. The summed E-state index contributed by atoms with van der Waals surface area (Å²) in [7, 11) is 0. The predicted octanol–water partition coefficient (Wildman–Crippen LogP) is 2.39. The van der Waals surface area contributed by atoms with E-state index in [1.165, 1.54) is 0 Å². The smallest absolute Gasteiger partial charge is 0.252 e. The number of halogens is 1. The van der Waals surface area contributed by atoms with Crippen molar-refractivity contribution in [3.8, 4) is 0 Å². The van der Waals surface area contributed by atoms with Gasteiger partial charge in [0.15, 0.2) is 0 Å². The molecule has 0 spiro atoms. The number of amides is 1. The van der Waals surface area contributed by atoms with Gasteiger partial charge in [0.25, 0.3) is 5.91 Å². The minimum atomic E-state index is -0.456. The van der Waals surface area contributed by atoms with Gasteiger partial charge in [0.05, 0.1) is 17.2 Å². The van der Waals surface area contributed by atoms with Crippen LogP contribution in [0, 0.1) is 5.92 Å². The summed E-state index contributed by atoms with van der Waals surface area (Å²) in [6, 6.07) is 8.92. The van der Waals surface area contributed by atoms with Crippen LogP contribution in [0.15, 0.2) is 30.3 Å². The molecule has 1 saturated carbocycles. The van der Waals surface area contributed by atoms with Crippen LogP contribution in [-0.4, -0.2) is 28.6 Å². The molecule has 1 amide bonds. The molecular weight excluding hydrogens is 276 g/mol. The van der Waals surface area contributed by atoms with Crippen LogP contribution < -0.4 is 5.32 Å². The van der Waals surface area contributed by atoms with E-state index >= 15 is 0 Å². The van der Waals surface area contributed by atoms with Gasteiger partial charge in [0.1, 0.15) is 5.15 Å². The number of carbonyl (C=O) groups is 1. The third-order valence-electron chi connectivity index (χ3n) is 3.57. The predicted molar refractivity (Wildman–Crippen MR) is 77.8 cm³/mol. The van der Waals surface area contributed by atoms with Crippen molar-refractivity contribution in [2.24, 2.45) is 5.92 Å². The van der Waals surface area contributed by atoms with Crippen molar-refractivity contribution in [3.05, 3.63) is 41.0 Å². The van der Waals surface area contributed by atoms with Crippen LogP contribution in [0.1, 0.15) is 23.2 Å². The van der Waals surface area contributed by atoms with E-state index in [0.717, 1.165) is 18.2 Å². The van der Waals surface area contributed by atoms with Gasteiger partial charge in [0.2, 0.25) is 0 Å². The Hall–Kier alpha value is -1.65. The number of carbonyl (C=O) groups excluding carboxylic acids is 1. The summed E-state index contributed by atoms with van der Waals surface area (Å²) in [6.45, 7) is 0.276. The quantitative estimate of drug-likeness (QED) is 0.850.